The summed E-state index contributed by atoms with van der Waals surface area (Å²) in [6, 6.07) is 6.09. The predicted octanol–water partition coefficient (Wildman–Crippen LogP) is 3.14. The highest BCUT2D eigenvalue weighted by Crippen LogP contribution is 2.45. The standard InChI is InChI=1S/C18H23F3N4O2S/c1-2-9-28(26,27)14-8-4-7-13(10-14)24-16-23-11-15(18(19,20)21)17(22,25-16)12-5-3-6-12/h4,7-8,10-12H,2-3,5-6,9,22H2,1H3,(H2,23,24,25). The van der Waals surface area contributed by atoms with E-state index in [1.165, 1.54) is 12.1 Å². The van der Waals surface area contributed by atoms with E-state index in [9.17, 15) is 21.6 Å². The van der Waals surface area contributed by atoms with Gasteiger partial charge in [0.2, 0.25) is 5.96 Å². The lowest BCUT2D eigenvalue weighted by molar-refractivity contribution is -0.106. The molecule has 3 rings (SSSR count). The Hall–Kier alpha value is -2.07. The van der Waals surface area contributed by atoms with Gasteiger partial charge in [0, 0.05) is 17.8 Å². The average molecular weight is 416 g/mol. The number of sulfone groups is 1. The first-order valence-electron chi connectivity index (χ1n) is 9.09. The Morgan fingerprint density at radius 1 is 1.36 bits per heavy atom. The third kappa shape index (κ3) is 4.02. The van der Waals surface area contributed by atoms with Crippen molar-refractivity contribution >= 4 is 21.5 Å². The van der Waals surface area contributed by atoms with Gasteiger partial charge in [0.15, 0.2) is 9.84 Å². The first-order valence-corrected chi connectivity index (χ1v) is 10.7. The maximum Gasteiger partial charge on any atom is 0.417 e. The van der Waals surface area contributed by atoms with E-state index in [0.717, 1.165) is 12.6 Å². The fourth-order valence-corrected chi connectivity index (χ4v) is 4.72. The number of alkyl halides is 3. The van der Waals surface area contributed by atoms with E-state index in [2.05, 4.69) is 15.6 Å². The first-order chi connectivity index (χ1) is 13.1. The summed E-state index contributed by atoms with van der Waals surface area (Å²) in [4.78, 5) is 4.28. The van der Waals surface area contributed by atoms with Crippen LogP contribution in [0.5, 0.6) is 0 Å². The fourth-order valence-electron chi connectivity index (χ4n) is 3.36. The number of halogens is 3. The summed E-state index contributed by atoms with van der Waals surface area (Å²) in [5, 5.41) is 5.34. The molecule has 1 saturated carbocycles. The number of anilines is 1. The highest BCUT2D eigenvalue weighted by Gasteiger charge is 2.53. The number of hydrogen-bond acceptors (Lipinski definition) is 6. The van der Waals surface area contributed by atoms with Crippen LogP contribution in [0.2, 0.25) is 0 Å². The van der Waals surface area contributed by atoms with Crippen molar-refractivity contribution in [3.8, 4) is 0 Å². The molecule has 6 nitrogen and oxygen atoms in total. The van der Waals surface area contributed by atoms with Crippen LogP contribution in [0.3, 0.4) is 0 Å². The predicted molar refractivity (Wildman–Crippen MR) is 101 cm³/mol. The molecule has 0 bridgehead atoms. The lowest BCUT2D eigenvalue weighted by Gasteiger charge is -2.43. The van der Waals surface area contributed by atoms with Gasteiger partial charge < -0.3 is 16.4 Å². The summed E-state index contributed by atoms with van der Waals surface area (Å²) in [5.41, 5.74) is 3.74. The number of nitrogens with zero attached hydrogens (tertiary/aromatic N) is 1. The van der Waals surface area contributed by atoms with Crippen LogP contribution in [-0.2, 0) is 9.84 Å². The van der Waals surface area contributed by atoms with Gasteiger partial charge in [-0.1, -0.05) is 19.4 Å². The normalized spacial score (nSPS) is 23.3. The summed E-state index contributed by atoms with van der Waals surface area (Å²) in [6.45, 7) is 1.77. The van der Waals surface area contributed by atoms with Crippen molar-refractivity contribution in [2.24, 2.45) is 16.6 Å². The van der Waals surface area contributed by atoms with Crippen molar-refractivity contribution in [3.63, 3.8) is 0 Å². The lowest BCUT2D eigenvalue weighted by atomic mass is 9.72. The molecule has 4 N–H and O–H groups in total. The highest BCUT2D eigenvalue weighted by atomic mass is 32.2. The number of hydrogen-bond donors (Lipinski definition) is 3. The summed E-state index contributed by atoms with van der Waals surface area (Å²) < 4.78 is 64.8. The molecule has 1 fully saturated rings. The van der Waals surface area contributed by atoms with Gasteiger partial charge in [0.25, 0.3) is 0 Å². The van der Waals surface area contributed by atoms with Crippen molar-refractivity contribution in [1.29, 1.82) is 0 Å². The topological polar surface area (TPSA) is 96.6 Å². The molecule has 1 aromatic carbocycles. The third-order valence-corrected chi connectivity index (χ3v) is 6.96. The number of nitrogens with two attached hydrogens (primary N) is 1. The van der Waals surface area contributed by atoms with Gasteiger partial charge in [-0.2, -0.15) is 13.2 Å². The van der Waals surface area contributed by atoms with Gasteiger partial charge in [-0.3, -0.25) is 0 Å². The van der Waals surface area contributed by atoms with Gasteiger partial charge >= 0.3 is 6.18 Å². The summed E-state index contributed by atoms with van der Waals surface area (Å²) in [7, 11) is -3.42. The van der Waals surface area contributed by atoms with Crippen molar-refractivity contribution in [2.75, 3.05) is 11.1 Å². The molecule has 10 heteroatoms. The Morgan fingerprint density at radius 2 is 2.07 bits per heavy atom. The second-order valence-corrected chi connectivity index (χ2v) is 9.19. The molecule has 1 aliphatic heterocycles. The van der Waals surface area contributed by atoms with E-state index in [4.69, 9.17) is 5.73 Å². The second kappa shape index (κ2) is 7.40. The van der Waals surface area contributed by atoms with Crippen LogP contribution < -0.4 is 16.4 Å². The molecular formula is C18H23F3N4O2S. The molecule has 0 radical (unpaired) electrons. The van der Waals surface area contributed by atoms with E-state index < -0.39 is 33.2 Å². The fraction of sp³-hybridized carbons (Fsp3) is 0.500. The minimum absolute atomic E-state index is 0.0148. The maximum absolute atomic E-state index is 13.4. The minimum Gasteiger partial charge on any atom is -0.332 e. The zero-order valence-corrected chi connectivity index (χ0v) is 16.2. The van der Waals surface area contributed by atoms with Crippen LogP contribution in [0.1, 0.15) is 32.6 Å². The minimum atomic E-state index is -4.60. The van der Waals surface area contributed by atoms with Gasteiger partial charge in [0.1, 0.15) is 5.66 Å². The summed E-state index contributed by atoms with van der Waals surface area (Å²) in [6.07, 6.45) is -1.31. The molecular weight excluding hydrogens is 393 g/mol. The maximum atomic E-state index is 13.4. The first kappa shape index (κ1) is 20.7. The Morgan fingerprint density at radius 3 is 2.64 bits per heavy atom. The Labute approximate surface area is 162 Å². The Balaban J connectivity index is 1.88. The molecule has 0 amide bonds. The van der Waals surface area contributed by atoms with Crippen LogP contribution in [0, 0.1) is 5.92 Å². The van der Waals surface area contributed by atoms with E-state index in [1.54, 1.807) is 19.1 Å². The Bertz CT molecular complexity index is 908. The second-order valence-electron chi connectivity index (χ2n) is 7.09. The molecule has 2 aliphatic rings. The van der Waals surface area contributed by atoms with E-state index in [1.807, 2.05) is 0 Å². The van der Waals surface area contributed by atoms with Crippen LogP contribution >= 0.6 is 0 Å². The molecule has 1 aliphatic carbocycles. The molecule has 1 unspecified atom stereocenters. The number of rotatable bonds is 5. The van der Waals surface area contributed by atoms with Gasteiger partial charge in [-0.25, -0.2) is 13.4 Å². The monoisotopic (exact) mass is 416 g/mol. The zero-order chi connectivity index (χ0) is 20.6. The smallest absolute Gasteiger partial charge is 0.332 e. The van der Waals surface area contributed by atoms with Crippen molar-refractivity contribution in [1.82, 2.24) is 5.32 Å². The van der Waals surface area contributed by atoms with Crippen LogP contribution in [0.25, 0.3) is 0 Å². The lowest BCUT2D eigenvalue weighted by Crippen LogP contribution is -2.57. The molecule has 1 atom stereocenters. The molecule has 0 aromatic heterocycles. The number of nitrogens with one attached hydrogen (secondary N) is 2. The van der Waals surface area contributed by atoms with Gasteiger partial charge in [-0.15, -0.1) is 0 Å². The molecule has 1 aromatic rings. The van der Waals surface area contributed by atoms with Crippen molar-refractivity contribution < 1.29 is 21.6 Å². The molecule has 28 heavy (non-hydrogen) atoms. The molecule has 1 heterocycles. The van der Waals surface area contributed by atoms with E-state index in [0.29, 0.717) is 24.9 Å². The average Bonchev–Trinajstić information content (AvgIpc) is 2.51. The summed E-state index contributed by atoms with van der Waals surface area (Å²) in [5.74, 6) is -0.330. The van der Waals surface area contributed by atoms with Gasteiger partial charge in [0.05, 0.1) is 16.2 Å². The zero-order valence-electron chi connectivity index (χ0n) is 15.4. The number of aliphatic imine (C=N–C) groups is 1. The summed E-state index contributed by atoms with van der Waals surface area (Å²) >= 11 is 0. The SMILES string of the molecule is CCCS(=O)(=O)c1cccc(NC2=NC(N)(C3CCC3)C(C(F)(F)F)=CN2)c1. The van der Waals surface area contributed by atoms with E-state index >= 15 is 0 Å². The quantitative estimate of drug-likeness (QED) is 0.685. The van der Waals surface area contributed by atoms with Crippen molar-refractivity contribution in [2.45, 2.75) is 49.3 Å². The van der Waals surface area contributed by atoms with Crippen LogP contribution in [-0.4, -0.2) is 32.0 Å². The van der Waals surface area contributed by atoms with Gasteiger partial charge in [-0.05, 0) is 37.5 Å². The van der Waals surface area contributed by atoms with E-state index in [-0.39, 0.29) is 16.6 Å². The number of guanidine groups is 1. The molecule has 0 spiro atoms. The molecule has 0 saturated heterocycles. The third-order valence-electron chi connectivity index (χ3n) is 5.04. The molecule has 154 valence electrons. The van der Waals surface area contributed by atoms with Crippen molar-refractivity contribution in [3.05, 3.63) is 36.0 Å². The van der Waals surface area contributed by atoms with Crippen LogP contribution in [0.4, 0.5) is 18.9 Å². The number of benzene rings is 1. The Kier molecular flexibility index (Phi) is 5.46. The highest BCUT2D eigenvalue weighted by molar-refractivity contribution is 7.91. The largest absolute Gasteiger partial charge is 0.417 e. The van der Waals surface area contributed by atoms with Crippen LogP contribution in [0.15, 0.2) is 45.9 Å².